The topological polar surface area (TPSA) is 41.4 Å². The minimum absolute atomic E-state index is 0.00452. The predicted molar refractivity (Wildman–Crippen MR) is 97.9 cm³/mol. The number of imidazole rings is 1. The van der Waals surface area contributed by atoms with E-state index in [0.29, 0.717) is 11.7 Å². The third-order valence-electron chi connectivity index (χ3n) is 5.65. The van der Waals surface area contributed by atoms with Gasteiger partial charge in [0.15, 0.2) is 0 Å². The zero-order chi connectivity index (χ0) is 17.9. The Hall–Kier alpha value is -2.21. The molecular formula is C20H25FN4O. The number of aromatic nitrogens is 2. The number of carbonyl (C=O) groups is 1. The molecule has 5 nitrogen and oxygen atoms in total. The second-order valence-electron chi connectivity index (χ2n) is 7.25. The summed E-state index contributed by atoms with van der Waals surface area (Å²) in [6.07, 6.45) is 9.83. The molecule has 1 amide bonds. The highest BCUT2D eigenvalue weighted by Crippen LogP contribution is 2.24. The number of rotatable bonds is 3. The summed E-state index contributed by atoms with van der Waals surface area (Å²) in [5, 5.41) is 0. The van der Waals surface area contributed by atoms with Crippen molar-refractivity contribution in [2.75, 3.05) is 26.2 Å². The number of nitrogens with zero attached hydrogens (tertiary/aromatic N) is 4. The summed E-state index contributed by atoms with van der Waals surface area (Å²) in [5.41, 5.74) is 1.27. The summed E-state index contributed by atoms with van der Waals surface area (Å²) >= 11 is 0. The minimum Gasteiger partial charge on any atom is -0.335 e. The molecule has 26 heavy (non-hydrogen) atoms. The highest BCUT2D eigenvalue weighted by atomic mass is 19.1. The smallest absolute Gasteiger partial charge is 0.272 e. The highest BCUT2D eigenvalue weighted by Gasteiger charge is 2.28. The van der Waals surface area contributed by atoms with E-state index in [4.69, 9.17) is 0 Å². The lowest BCUT2D eigenvalue weighted by atomic mass is 9.94. The van der Waals surface area contributed by atoms with Crippen LogP contribution in [0.3, 0.4) is 0 Å². The molecule has 0 spiro atoms. The van der Waals surface area contributed by atoms with Crippen molar-refractivity contribution in [3.63, 3.8) is 0 Å². The van der Waals surface area contributed by atoms with Crippen LogP contribution in [-0.4, -0.2) is 57.5 Å². The van der Waals surface area contributed by atoms with Gasteiger partial charge in [-0.3, -0.25) is 14.3 Å². The first-order valence-corrected chi connectivity index (χ1v) is 9.54. The zero-order valence-corrected chi connectivity index (χ0v) is 15.0. The number of hydrogen-bond donors (Lipinski definition) is 0. The van der Waals surface area contributed by atoms with Crippen molar-refractivity contribution in [3.8, 4) is 5.69 Å². The average molecular weight is 356 g/mol. The predicted octanol–water partition coefficient (Wildman–Crippen LogP) is 3.10. The third-order valence-corrected chi connectivity index (χ3v) is 5.65. The molecule has 2 heterocycles. The maximum Gasteiger partial charge on any atom is 0.272 e. The van der Waals surface area contributed by atoms with Crippen LogP contribution in [0.15, 0.2) is 36.8 Å². The Morgan fingerprint density at radius 2 is 1.69 bits per heavy atom. The molecular weight excluding hydrogens is 331 g/mol. The quantitative estimate of drug-likeness (QED) is 0.849. The number of halogens is 1. The average Bonchev–Trinajstić information content (AvgIpc) is 3.19. The number of piperazine rings is 1. The molecule has 2 fully saturated rings. The Bertz CT molecular complexity index is 743. The summed E-state index contributed by atoms with van der Waals surface area (Å²) in [7, 11) is 0. The molecule has 1 aromatic heterocycles. The fourth-order valence-corrected chi connectivity index (χ4v) is 4.16. The van der Waals surface area contributed by atoms with Crippen molar-refractivity contribution in [1.29, 1.82) is 0 Å². The minimum atomic E-state index is -0.291. The van der Waals surface area contributed by atoms with Gasteiger partial charge in [-0.25, -0.2) is 9.37 Å². The van der Waals surface area contributed by atoms with E-state index in [1.54, 1.807) is 29.2 Å². The summed E-state index contributed by atoms with van der Waals surface area (Å²) < 4.78 is 14.9. The molecule has 0 bridgehead atoms. The number of amides is 1. The van der Waals surface area contributed by atoms with Crippen molar-refractivity contribution in [2.45, 2.75) is 38.1 Å². The van der Waals surface area contributed by atoms with E-state index in [9.17, 15) is 9.18 Å². The Morgan fingerprint density at radius 1 is 1.00 bits per heavy atom. The Morgan fingerprint density at radius 3 is 2.38 bits per heavy atom. The molecule has 4 rings (SSSR count). The molecule has 1 saturated carbocycles. The van der Waals surface area contributed by atoms with Gasteiger partial charge in [-0.15, -0.1) is 0 Å². The second kappa shape index (κ2) is 7.58. The van der Waals surface area contributed by atoms with Crippen LogP contribution in [0.2, 0.25) is 0 Å². The first-order valence-electron chi connectivity index (χ1n) is 9.54. The molecule has 0 N–H and O–H groups in total. The van der Waals surface area contributed by atoms with E-state index in [-0.39, 0.29) is 11.7 Å². The monoisotopic (exact) mass is 356 g/mol. The molecule has 0 unspecified atom stereocenters. The van der Waals surface area contributed by atoms with Crippen LogP contribution in [0, 0.1) is 5.82 Å². The van der Waals surface area contributed by atoms with Crippen LogP contribution in [0.1, 0.15) is 42.6 Å². The summed E-state index contributed by atoms with van der Waals surface area (Å²) in [6.45, 7) is 3.40. The first-order chi connectivity index (χ1) is 12.7. The second-order valence-corrected chi connectivity index (χ2v) is 7.25. The third kappa shape index (κ3) is 3.51. The number of benzene rings is 1. The van der Waals surface area contributed by atoms with Gasteiger partial charge in [-0.2, -0.15) is 0 Å². The Balaban J connectivity index is 1.43. The molecule has 2 aliphatic rings. The van der Waals surface area contributed by atoms with Crippen molar-refractivity contribution >= 4 is 5.91 Å². The summed E-state index contributed by atoms with van der Waals surface area (Å²) in [6, 6.07) is 6.81. The number of carbonyl (C=O) groups excluding carboxylic acids is 1. The van der Waals surface area contributed by atoms with Crippen LogP contribution >= 0.6 is 0 Å². The zero-order valence-electron chi connectivity index (χ0n) is 15.0. The van der Waals surface area contributed by atoms with Gasteiger partial charge in [0.1, 0.15) is 11.5 Å². The van der Waals surface area contributed by atoms with E-state index >= 15 is 0 Å². The van der Waals surface area contributed by atoms with Gasteiger partial charge in [0.2, 0.25) is 0 Å². The molecule has 1 aliphatic heterocycles. The van der Waals surface area contributed by atoms with Crippen molar-refractivity contribution in [3.05, 3.63) is 48.3 Å². The van der Waals surface area contributed by atoms with Crippen molar-refractivity contribution in [2.24, 2.45) is 0 Å². The van der Waals surface area contributed by atoms with Gasteiger partial charge in [0, 0.05) is 37.9 Å². The van der Waals surface area contributed by atoms with Crippen molar-refractivity contribution < 1.29 is 9.18 Å². The van der Waals surface area contributed by atoms with Crippen LogP contribution in [0.5, 0.6) is 0 Å². The molecule has 0 atom stereocenters. The molecule has 2 aromatic rings. The standard InChI is InChI=1S/C20H25FN4O/c21-16-6-8-18(9-7-16)25-15-22-14-19(25)20(26)24-12-10-23(11-13-24)17-4-2-1-3-5-17/h6-9,14-15,17H,1-5,10-13H2. The lowest BCUT2D eigenvalue weighted by Gasteiger charge is -2.40. The van der Waals surface area contributed by atoms with E-state index in [1.165, 1.54) is 44.2 Å². The largest absolute Gasteiger partial charge is 0.335 e. The lowest BCUT2D eigenvalue weighted by molar-refractivity contribution is 0.0516. The maximum absolute atomic E-state index is 13.2. The Labute approximate surface area is 153 Å². The van der Waals surface area contributed by atoms with Gasteiger partial charge < -0.3 is 4.90 Å². The van der Waals surface area contributed by atoms with E-state index in [2.05, 4.69) is 9.88 Å². The van der Waals surface area contributed by atoms with Gasteiger partial charge in [0.25, 0.3) is 5.91 Å². The van der Waals surface area contributed by atoms with E-state index in [1.807, 2.05) is 4.90 Å². The van der Waals surface area contributed by atoms with Crippen molar-refractivity contribution in [1.82, 2.24) is 19.4 Å². The normalized spacial score (nSPS) is 19.7. The molecule has 1 aliphatic carbocycles. The summed E-state index contributed by atoms with van der Waals surface area (Å²) in [4.78, 5) is 21.6. The Kier molecular flexibility index (Phi) is 5.02. The lowest BCUT2D eigenvalue weighted by Crippen LogP contribution is -2.52. The van der Waals surface area contributed by atoms with E-state index < -0.39 is 0 Å². The maximum atomic E-state index is 13.2. The fourth-order valence-electron chi connectivity index (χ4n) is 4.16. The van der Waals surface area contributed by atoms with E-state index in [0.717, 1.165) is 31.9 Å². The molecule has 6 heteroatoms. The number of hydrogen-bond acceptors (Lipinski definition) is 3. The summed E-state index contributed by atoms with van der Waals surface area (Å²) in [5.74, 6) is -0.296. The van der Waals surface area contributed by atoms with Gasteiger partial charge in [-0.05, 0) is 37.1 Å². The van der Waals surface area contributed by atoms with Crippen LogP contribution < -0.4 is 0 Å². The SMILES string of the molecule is O=C(c1cncn1-c1ccc(F)cc1)N1CCN(C2CCCCC2)CC1. The van der Waals surface area contributed by atoms with Crippen LogP contribution in [-0.2, 0) is 0 Å². The first kappa shape index (κ1) is 17.2. The molecule has 1 aromatic carbocycles. The van der Waals surface area contributed by atoms with Gasteiger partial charge in [-0.1, -0.05) is 19.3 Å². The molecule has 138 valence electrons. The van der Waals surface area contributed by atoms with Gasteiger partial charge >= 0.3 is 0 Å². The highest BCUT2D eigenvalue weighted by molar-refractivity contribution is 5.93. The molecule has 0 radical (unpaired) electrons. The fraction of sp³-hybridized carbons (Fsp3) is 0.500. The van der Waals surface area contributed by atoms with Gasteiger partial charge in [0.05, 0.1) is 12.5 Å². The molecule has 1 saturated heterocycles. The van der Waals surface area contributed by atoms with Crippen LogP contribution in [0.4, 0.5) is 4.39 Å². The van der Waals surface area contributed by atoms with Crippen LogP contribution in [0.25, 0.3) is 5.69 Å².